The van der Waals surface area contributed by atoms with E-state index in [1.165, 1.54) is 44.1 Å². The van der Waals surface area contributed by atoms with E-state index in [0.29, 0.717) is 12.8 Å². The van der Waals surface area contributed by atoms with Gasteiger partial charge in [-0.05, 0) is 37.7 Å². The monoisotopic (exact) mass is 595 g/mol. The number of hydrogen-bond acceptors (Lipinski definition) is 7. The number of aliphatic hydroxyl groups is 1. The summed E-state index contributed by atoms with van der Waals surface area (Å²) >= 11 is 0. The van der Waals surface area contributed by atoms with Crippen LogP contribution in [-0.4, -0.2) is 51.6 Å². The molecule has 4 atom stereocenters. The van der Waals surface area contributed by atoms with E-state index < -0.39 is 26.9 Å². The van der Waals surface area contributed by atoms with Gasteiger partial charge in [0.1, 0.15) is 6.10 Å². The molecule has 0 spiro atoms. The number of amides is 1. The number of unbranched alkanes of at least 4 members (excludes halogenated alkanes) is 12. The zero-order valence-electron chi connectivity index (χ0n) is 25.1. The van der Waals surface area contributed by atoms with Gasteiger partial charge in [0.15, 0.2) is 0 Å². The summed E-state index contributed by atoms with van der Waals surface area (Å²) in [5.74, 6) is -0.906. The van der Waals surface area contributed by atoms with Gasteiger partial charge in [0.05, 0.1) is 25.2 Å². The molecule has 234 valence electrons. The summed E-state index contributed by atoms with van der Waals surface area (Å²) in [4.78, 5) is 43.6. The molecule has 1 amide bonds. The van der Waals surface area contributed by atoms with Crippen molar-refractivity contribution in [2.75, 3.05) is 6.61 Å². The molecule has 1 fully saturated rings. The SMILES string of the molecule is CCCCCCCCCCCC(CC(=O)NC1C(CO)C1OP(O)O)OC(=O)CCCCCCCc1ccccc1. The Morgan fingerprint density at radius 1 is 0.878 bits per heavy atom. The summed E-state index contributed by atoms with van der Waals surface area (Å²) in [7, 11) is -2.56. The van der Waals surface area contributed by atoms with Crippen LogP contribution in [0, 0.1) is 5.92 Å². The highest BCUT2D eigenvalue weighted by molar-refractivity contribution is 7.39. The van der Waals surface area contributed by atoms with Crippen molar-refractivity contribution in [2.45, 2.75) is 141 Å². The normalized spacial score (nSPS) is 18.8. The topological polar surface area (TPSA) is 125 Å². The molecule has 1 aliphatic rings. The van der Waals surface area contributed by atoms with Gasteiger partial charge in [-0.25, -0.2) is 0 Å². The largest absolute Gasteiger partial charge is 0.462 e. The number of esters is 1. The molecule has 0 saturated heterocycles. The molecule has 2 rings (SSSR count). The Labute approximate surface area is 248 Å². The van der Waals surface area contributed by atoms with Crippen molar-refractivity contribution in [1.82, 2.24) is 5.32 Å². The summed E-state index contributed by atoms with van der Waals surface area (Å²) < 4.78 is 10.8. The first-order chi connectivity index (χ1) is 19.9. The number of carbonyl (C=O) groups excluding carboxylic acids is 2. The van der Waals surface area contributed by atoms with Crippen molar-refractivity contribution < 1.29 is 33.7 Å². The molecule has 0 aliphatic heterocycles. The number of rotatable bonds is 25. The number of aliphatic hydroxyl groups excluding tert-OH is 1. The molecule has 41 heavy (non-hydrogen) atoms. The molecular weight excluding hydrogens is 541 g/mol. The maximum Gasteiger partial charge on any atom is 0.327 e. The molecule has 1 aromatic rings. The van der Waals surface area contributed by atoms with Crippen molar-refractivity contribution >= 4 is 20.5 Å². The predicted octanol–water partition coefficient (Wildman–Crippen LogP) is 6.50. The third-order valence-electron chi connectivity index (χ3n) is 7.88. The van der Waals surface area contributed by atoms with E-state index in [0.717, 1.165) is 57.8 Å². The van der Waals surface area contributed by atoms with Crippen LogP contribution < -0.4 is 5.32 Å². The number of aryl methyl sites for hydroxylation is 1. The van der Waals surface area contributed by atoms with Gasteiger partial charge in [0, 0.05) is 12.3 Å². The van der Waals surface area contributed by atoms with Crippen molar-refractivity contribution in [2.24, 2.45) is 5.92 Å². The molecule has 1 aromatic carbocycles. The quantitative estimate of drug-likeness (QED) is 0.0578. The molecule has 4 N–H and O–H groups in total. The minimum atomic E-state index is -2.56. The van der Waals surface area contributed by atoms with E-state index in [4.69, 9.17) is 19.0 Å². The van der Waals surface area contributed by atoms with Crippen LogP contribution in [0.15, 0.2) is 30.3 Å². The van der Waals surface area contributed by atoms with Gasteiger partial charge >= 0.3 is 14.6 Å². The second-order valence-electron chi connectivity index (χ2n) is 11.4. The van der Waals surface area contributed by atoms with Crippen LogP contribution in [-0.2, 0) is 25.3 Å². The standard InChI is InChI=1S/C32H54NO7P/c1-2-3-4-5-6-7-8-11-17-22-27(24-29(35)33-31-28(25-34)32(31)40-41(37)38)39-30(36)23-18-12-9-10-14-19-26-20-15-13-16-21-26/h13,15-16,20-21,27-28,31-32,34,37-38H,2-12,14,17-19,22-25H2,1H3,(H,33,35). The molecule has 0 bridgehead atoms. The number of hydrogen-bond donors (Lipinski definition) is 4. The average molecular weight is 596 g/mol. The Morgan fingerprint density at radius 3 is 2.12 bits per heavy atom. The molecule has 0 aromatic heterocycles. The third-order valence-corrected chi connectivity index (χ3v) is 8.31. The smallest absolute Gasteiger partial charge is 0.327 e. The average Bonchev–Trinajstić information content (AvgIpc) is 3.60. The Kier molecular flexibility index (Phi) is 19.1. The maximum atomic E-state index is 12.7. The molecule has 1 saturated carbocycles. The van der Waals surface area contributed by atoms with E-state index in [1.807, 2.05) is 6.07 Å². The lowest BCUT2D eigenvalue weighted by Gasteiger charge is -2.18. The minimum absolute atomic E-state index is 0.0522. The zero-order chi connectivity index (χ0) is 29.7. The Balaban J connectivity index is 1.69. The Morgan fingerprint density at radius 2 is 1.49 bits per heavy atom. The maximum absolute atomic E-state index is 12.7. The number of benzene rings is 1. The predicted molar refractivity (Wildman–Crippen MR) is 163 cm³/mol. The Bertz CT molecular complexity index is 826. The van der Waals surface area contributed by atoms with E-state index in [2.05, 4.69) is 36.5 Å². The number of nitrogens with one attached hydrogen (secondary N) is 1. The molecule has 1 aliphatic carbocycles. The van der Waals surface area contributed by atoms with Crippen molar-refractivity contribution in [3.05, 3.63) is 35.9 Å². The highest BCUT2D eigenvalue weighted by atomic mass is 31.2. The van der Waals surface area contributed by atoms with Crippen molar-refractivity contribution in [3.8, 4) is 0 Å². The lowest BCUT2D eigenvalue weighted by atomic mass is 10.0. The second kappa shape index (κ2) is 22.0. The van der Waals surface area contributed by atoms with Gasteiger partial charge in [-0.3, -0.25) is 9.59 Å². The van der Waals surface area contributed by atoms with Gasteiger partial charge < -0.3 is 29.5 Å². The molecule has 9 heteroatoms. The summed E-state index contributed by atoms with van der Waals surface area (Å²) in [5, 5.41) is 12.3. The molecule has 0 radical (unpaired) electrons. The summed E-state index contributed by atoms with van der Waals surface area (Å²) in [6.45, 7) is 2.00. The first kappa shape index (κ1) is 35.6. The van der Waals surface area contributed by atoms with Gasteiger partial charge in [0.2, 0.25) is 5.91 Å². The van der Waals surface area contributed by atoms with Crippen LogP contribution in [0.1, 0.15) is 122 Å². The fraction of sp³-hybridized carbons (Fsp3) is 0.750. The lowest BCUT2D eigenvalue weighted by molar-refractivity contribution is -0.151. The van der Waals surface area contributed by atoms with Gasteiger partial charge in [-0.15, -0.1) is 0 Å². The van der Waals surface area contributed by atoms with Gasteiger partial charge in [-0.2, -0.15) is 0 Å². The number of ether oxygens (including phenoxy) is 1. The van der Waals surface area contributed by atoms with Crippen LogP contribution in [0.2, 0.25) is 0 Å². The van der Waals surface area contributed by atoms with Crippen LogP contribution in [0.25, 0.3) is 0 Å². The third kappa shape index (κ3) is 16.6. The molecule has 8 nitrogen and oxygen atoms in total. The first-order valence-corrected chi connectivity index (χ1v) is 17.1. The van der Waals surface area contributed by atoms with Crippen LogP contribution in [0.5, 0.6) is 0 Å². The van der Waals surface area contributed by atoms with E-state index in [-0.39, 0.29) is 30.8 Å². The molecular formula is C32H54NO7P. The zero-order valence-corrected chi connectivity index (χ0v) is 25.9. The van der Waals surface area contributed by atoms with E-state index >= 15 is 0 Å². The highest BCUT2D eigenvalue weighted by Gasteiger charge is 2.53. The van der Waals surface area contributed by atoms with Crippen molar-refractivity contribution in [1.29, 1.82) is 0 Å². The van der Waals surface area contributed by atoms with Crippen LogP contribution in [0.3, 0.4) is 0 Å². The second-order valence-corrected chi connectivity index (χ2v) is 12.2. The molecule has 0 heterocycles. The Hall–Kier alpha value is -1.57. The lowest BCUT2D eigenvalue weighted by Crippen LogP contribution is -2.33. The molecule has 4 unspecified atom stereocenters. The van der Waals surface area contributed by atoms with Crippen LogP contribution in [0.4, 0.5) is 0 Å². The van der Waals surface area contributed by atoms with Gasteiger partial charge in [0.25, 0.3) is 0 Å². The minimum Gasteiger partial charge on any atom is -0.462 e. The number of carbonyl (C=O) groups is 2. The summed E-state index contributed by atoms with van der Waals surface area (Å²) in [6, 6.07) is 10.0. The summed E-state index contributed by atoms with van der Waals surface area (Å²) in [6.07, 6.45) is 16.9. The fourth-order valence-electron chi connectivity index (χ4n) is 5.36. The fourth-order valence-corrected chi connectivity index (χ4v) is 5.86. The van der Waals surface area contributed by atoms with Crippen molar-refractivity contribution in [3.63, 3.8) is 0 Å². The summed E-state index contributed by atoms with van der Waals surface area (Å²) in [5.41, 5.74) is 1.36. The van der Waals surface area contributed by atoms with Crippen LogP contribution >= 0.6 is 8.60 Å². The first-order valence-electron chi connectivity index (χ1n) is 15.9. The van der Waals surface area contributed by atoms with E-state index in [1.54, 1.807) is 0 Å². The van der Waals surface area contributed by atoms with E-state index in [9.17, 15) is 14.7 Å². The highest BCUT2D eigenvalue weighted by Crippen LogP contribution is 2.42. The van der Waals surface area contributed by atoms with Gasteiger partial charge in [-0.1, -0.05) is 108 Å².